The van der Waals surface area contributed by atoms with Crippen molar-refractivity contribution in [2.24, 2.45) is 0 Å². The van der Waals surface area contributed by atoms with Gasteiger partial charge < -0.3 is 15.2 Å². The van der Waals surface area contributed by atoms with E-state index in [2.05, 4.69) is 5.32 Å². The molecule has 2 N–H and O–H groups in total. The third kappa shape index (κ3) is 4.25. The molecule has 0 aliphatic heterocycles. The molecule has 0 aliphatic rings. The molecular formula is C12H15ClFNO3. The molecule has 0 bridgehead atoms. The first-order valence-electron chi connectivity index (χ1n) is 5.42. The van der Waals surface area contributed by atoms with Gasteiger partial charge in [-0.3, -0.25) is 4.79 Å². The summed E-state index contributed by atoms with van der Waals surface area (Å²) < 4.78 is 18.0. The maximum atomic E-state index is 13.3. The van der Waals surface area contributed by atoms with E-state index in [9.17, 15) is 14.3 Å². The van der Waals surface area contributed by atoms with Crippen LogP contribution in [0.15, 0.2) is 18.2 Å². The van der Waals surface area contributed by atoms with Crippen LogP contribution < -0.4 is 5.32 Å². The fourth-order valence-corrected chi connectivity index (χ4v) is 1.54. The van der Waals surface area contributed by atoms with Crippen LogP contribution in [0.5, 0.6) is 0 Å². The van der Waals surface area contributed by atoms with Crippen molar-refractivity contribution in [1.82, 2.24) is 5.32 Å². The molecule has 1 rings (SSSR count). The highest BCUT2D eigenvalue weighted by Gasteiger charge is 2.15. The molecule has 0 saturated carbocycles. The highest BCUT2D eigenvalue weighted by atomic mass is 35.5. The molecule has 6 heteroatoms. The van der Waals surface area contributed by atoms with E-state index >= 15 is 0 Å². The summed E-state index contributed by atoms with van der Waals surface area (Å²) in [6.07, 6.45) is 0.184. The first-order valence-corrected chi connectivity index (χ1v) is 5.80. The van der Waals surface area contributed by atoms with Crippen LogP contribution in [-0.2, 0) is 9.53 Å². The lowest BCUT2D eigenvalue weighted by atomic mass is 10.1. The second-order valence-electron chi connectivity index (χ2n) is 3.72. The number of rotatable bonds is 6. The normalized spacial score (nSPS) is 12.2. The third-order valence-corrected chi connectivity index (χ3v) is 2.70. The molecule has 0 aromatic heterocycles. The quantitative estimate of drug-likeness (QED) is 0.830. The second kappa shape index (κ2) is 7.31. The van der Waals surface area contributed by atoms with E-state index in [-0.39, 0.29) is 24.0 Å². The molecule has 1 atom stereocenters. The summed E-state index contributed by atoms with van der Waals surface area (Å²) in [4.78, 5) is 11.5. The minimum absolute atomic E-state index is 0.00106. The number of ether oxygens (including phenoxy) is 1. The van der Waals surface area contributed by atoms with Crippen LogP contribution in [0.1, 0.15) is 18.0 Å². The second-order valence-corrected chi connectivity index (χ2v) is 4.13. The van der Waals surface area contributed by atoms with Crippen LogP contribution in [0.2, 0.25) is 5.02 Å². The van der Waals surface area contributed by atoms with Gasteiger partial charge in [-0.2, -0.15) is 0 Å². The number of aliphatic hydroxyl groups excluding tert-OH is 1. The number of carbonyl (C=O) groups is 1. The van der Waals surface area contributed by atoms with Gasteiger partial charge in [-0.25, -0.2) is 4.39 Å². The molecule has 1 amide bonds. The average molecular weight is 276 g/mol. The fourth-order valence-electron chi connectivity index (χ4n) is 1.42. The maximum Gasteiger partial charge on any atom is 0.222 e. The van der Waals surface area contributed by atoms with Crippen LogP contribution in [0, 0.1) is 5.82 Å². The predicted molar refractivity (Wildman–Crippen MR) is 65.9 cm³/mol. The molecule has 1 aromatic rings. The summed E-state index contributed by atoms with van der Waals surface area (Å²) in [6, 6.07) is 3.49. The van der Waals surface area contributed by atoms with E-state index in [1.807, 2.05) is 0 Å². The van der Waals surface area contributed by atoms with Gasteiger partial charge in [0.05, 0.1) is 24.3 Å². The molecule has 0 fully saturated rings. The minimum atomic E-state index is -0.652. The number of carbonyl (C=O) groups excluding carboxylic acids is 1. The Kier molecular flexibility index (Phi) is 6.04. The van der Waals surface area contributed by atoms with Crippen molar-refractivity contribution in [3.63, 3.8) is 0 Å². The zero-order valence-electron chi connectivity index (χ0n) is 9.95. The molecule has 0 aliphatic carbocycles. The molecule has 4 nitrogen and oxygen atoms in total. The van der Waals surface area contributed by atoms with Gasteiger partial charge in [0.1, 0.15) is 5.82 Å². The Balaban J connectivity index is 2.70. The van der Waals surface area contributed by atoms with Crippen molar-refractivity contribution in [3.05, 3.63) is 34.6 Å². The number of methoxy groups -OCH3 is 1. The van der Waals surface area contributed by atoms with Crippen molar-refractivity contribution < 1.29 is 19.0 Å². The standard InChI is InChI=1S/C12H15ClFNO3/c1-18-5-4-12(17)15-11(7-16)8-2-3-9(13)10(14)6-8/h2-3,6,11,16H,4-5,7H2,1H3,(H,15,17). The molecule has 1 aromatic carbocycles. The monoisotopic (exact) mass is 275 g/mol. The Morgan fingerprint density at radius 1 is 1.61 bits per heavy atom. The number of amides is 1. The number of nitrogens with one attached hydrogen (secondary N) is 1. The lowest BCUT2D eigenvalue weighted by molar-refractivity contribution is -0.123. The number of hydrogen-bond donors (Lipinski definition) is 2. The Bertz CT molecular complexity index is 414. The van der Waals surface area contributed by atoms with Gasteiger partial charge >= 0.3 is 0 Å². The van der Waals surface area contributed by atoms with Crippen LogP contribution in [-0.4, -0.2) is 31.3 Å². The Morgan fingerprint density at radius 2 is 2.33 bits per heavy atom. The number of hydrogen-bond acceptors (Lipinski definition) is 3. The summed E-state index contributed by atoms with van der Waals surface area (Å²) in [7, 11) is 1.49. The maximum absolute atomic E-state index is 13.3. The predicted octanol–water partition coefficient (Wildman–Crippen LogP) is 1.67. The van der Waals surface area contributed by atoms with Crippen LogP contribution in [0.4, 0.5) is 4.39 Å². The smallest absolute Gasteiger partial charge is 0.222 e. The van der Waals surface area contributed by atoms with Crippen molar-refractivity contribution in [2.75, 3.05) is 20.3 Å². The molecule has 0 spiro atoms. The average Bonchev–Trinajstić information content (AvgIpc) is 2.37. The Labute approximate surface area is 110 Å². The summed E-state index contributed by atoms with van der Waals surface area (Å²) in [5, 5.41) is 11.8. The van der Waals surface area contributed by atoms with Gasteiger partial charge in [0, 0.05) is 13.5 Å². The van der Waals surface area contributed by atoms with E-state index in [1.54, 1.807) is 6.07 Å². The van der Waals surface area contributed by atoms with Gasteiger partial charge in [-0.05, 0) is 17.7 Å². The fraction of sp³-hybridized carbons (Fsp3) is 0.417. The van der Waals surface area contributed by atoms with E-state index in [0.717, 1.165) is 0 Å². The molecule has 100 valence electrons. The Hall–Kier alpha value is -1.17. The number of benzene rings is 1. The number of halogens is 2. The third-order valence-electron chi connectivity index (χ3n) is 2.40. The summed E-state index contributed by atoms with van der Waals surface area (Å²) in [6.45, 7) is -0.0290. The zero-order valence-corrected chi connectivity index (χ0v) is 10.7. The van der Waals surface area contributed by atoms with Gasteiger partial charge in [-0.15, -0.1) is 0 Å². The summed E-state index contributed by atoms with van der Waals surface area (Å²) in [5.74, 6) is -0.856. The van der Waals surface area contributed by atoms with E-state index in [4.69, 9.17) is 16.3 Å². The topological polar surface area (TPSA) is 58.6 Å². The van der Waals surface area contributed by atoms with Crippen molar-refractivity contribution in [2.45, 2.75) is 12.5 Å². The summed E-state index contributed by atoms with van der Waals surface area (Å²) in [5.41, 5.74) is 0.463. The lowest BCUT2D eigenvalue weighted by Gasteiger charge is -2.17. The van der Waals surface area contributed by atoms with Crippen LogP contribution in [0.25, 0.3) is 0 Å². The highest BCUT2D eigenvalue weighted by Crippen LogP contribution is 2.20. The van der Waals surface area contributed by atoms with E-state index in [1.165, 1.54) is 19.2 Å². The van der Waals surface area contributed by atoms with E-state index < -0.39 is 11.9 Å². The summed E-state index contributed by atoms with van der Waals surface area (Å²) >= 11 is 5.56. The van der Waals surface area contributed by atoms with Crippen molar-refractivity contribution >= 4 is 17.5 Å². The van der Waals surface area contributed by atoms with Gasteiger partial charge in [0.25, 0.3) is 0 Å². The molecule has 1 unspecified atom stereocenters. The first kappa shape index (κ1) is 14.9. The van der Waals surface area contributed by atoms with Crippen molar-refractivity contribution in [3.8, 4) is 0 Å². The lowest BCUT2D eigenvalue weighted by Crippen LogP contribution is -2.31. The van der Waals surface area contributed by atoms with Crippen LogP contribution in [0.3, 0.4) is 0 Å². The largest absolute Gasteiger partial charge is 0.394 e. The zero-order chi connectivity index (χ0) is 13.5. The molecule has 18 heavy (non-hydrogen) atoms. The molecular weight excluding hydrogens is 261 g/mol. The molecule has 0 radical (unpaired) electrons. The molecule has 0 heterocycles. The molecule has 0 saturated heterocycles. The number of aliphatic hydroxyl groups is 1. The minimum Gasteiger partial charge on any atom is -0.394 e. The van der Waals surface area contributed by atoms with Gasteiger partial charge in [0.2, 0.25) is 5.91 Å². The Morgan fingerprint density at radius 3 is 2.89 bits per heavy atom. The van der Waals surface area contributed by atoms with Gasteiger partial charge in [-0.1, -0.05) is 17.7 Å². The van der Waals surface area contributed by atoms with Crippen LogP contribution >= 0.6 is 11.6 Å². The SMILES string of the molecule is COCCC(=O)NC(CO)c1ccc(Cl)c(F)c1. The highest BCUT2D eigenvalue weighted by molar-refractivity contribution is 6.30. The van der Waals surface area contributed by atoms with E-state index in [0.29, 0.717) is 12.2 Å². The first-order chi connectivity index (χ1) is 8.58. The van der Waals surface area contributed by atoms with Gasteiger partial charge in [0.15, 0.2) is 0 Å². The van der Waals surface area contributed by atoms with Crippen molar-refractivity contribution in [1.29, 1.82) is 0 Å².